The second-order valence-electron chi connectivity index (χ2n) is 9.94. The van der Waals surface area contributed by atoms with E-state index in [-0.39, 0.29) is 30.9 Å². The Kier molecular flexibility index (Phi) is 13.3. The number of benzene rings is 1. The summed E-state index contributed by atoms with van der Waals surface area (Å²) in [5.74, 6) is 1.91. The molecular weight excluding hydrogens is 497 g/mol. The van der Waals surface area contributed by atoms with E-state index in [2.05, 4.69) is 59.4 Å². The van der Waals surface area contributed by atoms with Gasteiger partial charge < -0.3 is 19.1 Å². The van der Waals surface area contributed by atoms with Crippen LogP contribution in [0.15, 0.2) is 30.3 Å². The number of methoxy groups -OCH3 is 1. The highest BCUT2D eigenvalue weighted by Gasteiger charge is 2.28. The third-order valence-electron chi connectivity index (χ3n) is 7.28. The maximum absolute atomic E-state index is 6.23. The van der Waals surface area contributed by atoms with Crippen LogP contribution in [0.5, 0.6) is 11.6 Å². The van der Waals surface area contributed by atoms with Crippen LogP contribution in [0.25, 0.3) is 11.1 Å². The number of nitrogens with zero attached hydrogens (tertiary/aromatic N) is 3. The Bertz CT molecular complexity index is 894. The van der Waals surface area contributed by atoms with Crippen molar-refractivity contribution in [3.05, 3.63) is 36.0 Å². The van der Waals surface area contributed by atoms with Crippen LogP contribution in [0.4, 0.5) is 0 Å². The van der Waals surface area contributed by atoms with E-state index in [0.717, 1.165) is 61.3 Å². The number of aromatic nitrogens is 2. The van der Waals surface area contributed by atoms with Crippen molar-refractivity contribution >= 4 is 24.8 Å². The molecule has 0 radical (unpaired) electrons. The van der Waals surface area contributed by atoms with Gasteiger partial charge in [0.15, 0.2) is 0 Å². The lowest BCUT2D eigenvalue weighted by atomic mass is 9.95. The molecule has 8 heteroatoms. The van der Waals surface area contributed by atoms with Crippen molar-refractivity contribution in [1.29, 1.82) is 0 Å². The van der Waals surface area contributed by atoms with Crippen molar-refractivity contribution in [2.75, 3.05) is 33.9 Å². The fourth-order valence-electron chi connectivity index (χ4n) is 5.11. The average molecular weight is 541 g/mol. The summed E-state index contributed by atoms with van der Waals surface area (Å²) in [5, 5.41) is 8.99. The zero-order valence-corrected chi connectivity index (χ0v) is 23.6. The minimum Gasteiger partial charge on any atom is -0.490 e. The van der Waals surface area contributed by atoms with E-state index in [1.54, 1.807) is 7.11 Å². The molecule has 1 saturated heterocycles. The van der Waals surface area contributed by atoms with Crippen molar-refractivity contribution in [2.45, 2.75) is 76.9 Å². The van der Waals surface area contributed by atoms with E-state index >= 15 is 0 Å². The van der Waals surface area contributed by atoms with Gasteiger partial charge in [-0.15, -0.1) is 29.9 Å². The molecule has 202 valence electrons. The summed E-state index contributed by atoms with van der Waals surface area (Å²) in [5.41, 5.74) is 3.27. The minimum absolute atomic E-state index is 0. The Morgan fingerprint density at radius 1 is 1.00 bits per heavy atom. The Balaban J connectivity index is 0.00000228. The molecule has 0 amide bonds. The van der Waals surface area contributed by atoms with Gasteiger partial charge in [-0.2, -0.15) is 5.10 Å². The monoisotopic (exact) mass is 539 g/mol. The number of likely N-dealkylation sites (N-methyl/N-ethyl adjacent to an activating group) is 1. The summed E-state index contributed by atoms with van der Waals surface area (Å²) < 4.78 is 18.1. The molecule has 1 saturated carbocycles. The summed E-state index contributed by atoms with van der Waals surface area (Å²) in [4.78, 5) is 2.31. The molecule has 2 fully saturated rings. The van der Waals surface area contributed by atoms with E-state index < -0.39 is 0 Å². The van der Waals surface area contributed by atoms with Gasteiger partial charge in [-0.25, -0.2) is 0 Å². The Labute approximate surface area is 229 Å². The SMILES string of the molecule is CCCCc1nnc(OCC2CCN(C)CC2OC)cc1-c1ccc(OC2CCCCC2)cc1.Cl.Cl. The van der Waals surface area contributed by atoms with Gasteiger partial charge in [0.2, 0.25) is 5.88 Å². The van der Waals surface area contributed by atoms with Crippen LogP contribution in [0.1, 0.15) is 64.0 Å². The molecule has 2 heterocycles. The van der Waals surface area contributed by atoms with Crippen molar-refractivity contribution in [3.8, 4) is 22.8 Å². The van der Waals surface area contributed by atoms with Gasteiger partial charge >= 0.3 is 0 Å². The molecule has 0 spiro atoms. The molecular formula is C28H43Cl2N3O3. The third-order valence-corrected chi connectivity index (χ3v) is 7.28. The van der Waals surface area contributed by atoms with E-state index in [4.69, 9.17) is 14.2 Å². The maximum atomic E-state index is 6.23. The molecule has 2 atom stereocenters. The summed E-state index contributed by atoms with van der Waals surface area (Å²) in [6.07, 6.45) is 11.0. The summed E-state index contributed by atoms with van der Waals surface area (Å²) >= 11 is 0. The van der Waals surface area contributed by atoms with Gasteiger partial charge in [0.05, 0.1) is 24.5 Å². The second kappa shape index (κ2) is 15.6. The molecule has 2 aromatic rings. The number of rotatable bonds is 10. The largest absolute Gasteiger partial charge is 0.490 e. The van der Waals surface area contributed by atoms with Gasteiger partial charge in [-0.3, -0.25) is 0 Å². The van der Waals surface area contributed by atoms with Gasteiger partial charge in [0, 0.05) is 31.2 Å². The quantitative estimate of drug-likeness (QED) is 0.348. The van der Waals surface area contributed by atoms with Gasteiger partial charge in [-0.1, -0.05) is 31.9 Å². The number of ether oxygens (including phenoxy) is 3. The predicted molar refractivity (Wildman–Crippen MR) is 150 cm³/mol. The number of aryl methyl sites for hydroxylation is 1. The Hall–Kier alpha value is -1.60. The number of piperidine rings is 1. The first-order valence-corrected chi connectivity index (χ1v) is 13.1. The second-order valence-corrected chi connectivity index (χ2v) is 9.94. The lowest BCUT2D eigenvalue weighted by molar-refractivity contribution is -0.0197. The Morgan fingerprint density at radius 2 is 1.75 bits per heavy atom. The van der Waals surface area contributed by atoms with Crippen LogP contribution >= 0.6 is 24.8 Å². The van der Waals surface area contributed by atoms with Crippen LogP contribution < -0.4 is 9.47 Å². The zero-order chi connectivity index (χ0) is 23.8. The number of hydrogen-bond acceptors (Lipinski definition) is 6. The third kappa shape index (κ3) is 8.47. The molecule has 36 heavy (non-hydrogen) atoms. The van der Waals surface area contributed by atoms with Crippen molar-refractivity contribution < 1.29 is 14.2 Å². The summed E-state index contributed by atoms with van der Waals surface area (Å²) in [6.45, 7) is 4.81. The summed E-state index contributed by atoms with van der Waals surface area (Å²) in [7, 11) is 3.93. The molecule has 1 aliphatic carbocycles. The topological polar surface area (TPSA) is 56.7 Å². The van der Waals surface area contributed by atoms with E-state index in [1.807, 2.05) is 0 Å². The highest BCUT2D eigenvalue weighted by Crippen LogP contribution is 2.30. The van der Waals surface area contributed by atoms with Crippen molar-refractivity contribution in [1.82, 2.24) is 15.1 Å². The van der Waals surface area contributed by atoms with Crippen LogP contribution in [0.3, 0.4) is 0 Å². The molecule has 0 N–H and O–H groups in total. The molecule has 1 aromatic heterocycles. The number of likely N-dealkylation sites (tertiary alicyclic amines) is 1. The van der Waals surface area contributed by atoms with Gasteiger partial charge in [0.1, 0.15) is 5.75 Å². The summed E-state index contributed by atoms with van der Waals surface area (Å²) in [6, 6.07) is 10.5. The van der Waals surface area contributed by atoms with Gasteiger partial charge in [0.25, 0.3) is 0 Å². The van der Waals surface area contributed by atoms with Crippen LogP contribution in [0, 0.1) is 5.92 Å². The van der Waals surface area contributed by atoms with E-state index in [0.29, 0.717) is 24.5 Å². The molecule has 4 rings (SSSR count). The van der Waals surface area contributed by atoms with Crippen LogP contribution in [-0.2, 0) is 11.2 Å². The van der Waals surface area contributed by atoms with Gasteiger partial charge in [-0.05, 0) is 76.2 Å². The lowest BCUT2D eigenvalue weighted by Gasteiger charge is -2.35. The predicted octanol–water partition coefficient (Wildman–Crippen LogP) is 6.39. The lowest BCUT2D eigenvalue weighted by Crippen LogP contribution is -2.44. The number of halogens is 2. The first-order valence-electron chi connectivity index (χ1n) is 13.1. The Morgan fingerprint density at radius 3 is 2.44 bits per heavy atom. The van der Waals surface area contributed by atoms with Crippen LogP contribution in [-0.4, -0.2) is 61.2 Å². The molecule has 1 aliphatic heterocycles. The number of unbranched alkanes of at least 4 members (excludes halogenated alkanes) is 1. The number of hydrogen-bond donors (Lipinski definition) is 0. The smallest absolute Gasteiger partial charge is 0.234 e. The standard InChI is InChI=1S/C28H41N3O3.2ClH/c1-4-5-11-26-25(21-12-14-24(15-13-21)34-23-9-7-6-8-10-23)18-28(30-29-26)33-20-22-16-17-31(2)19-27(22)32-3;;/h12-15,18,22-23,27H,4-11,16-17,19-20H2,1-3H3;2*1H. The molecule has 6 nitrogen and oxygen atoms in total. The van der Waals surface area contributed by atoms with Crippen molar-refractivity contribution in [3.63, 3.8) is 0 Å². The van der Waals surface area contributed by atoms with E-state index in [1.165, 1.54) is 32.1 Å². The zero-order valence-electron chi connectivity index (χ0n) is 22.0. The fourth-order valence-corrected chi connectivity index (χ4v) is 5.11. The molecule has 2 aliphatic rings. The van der Waals surface area contributed by atoms with Crippen molar-refractivity contribution in [2.24, 2.45) is 5.92 Å². The normalized spacial score (nSPS) is 20.8. The highest BCUT2D eigenvalue weighted by molar-refractivity contribution is 5.85. The first-order chi connectivity index (χ1) is 16.7. The molecule has 2 unspecified atom stereocenters. The minimum atomic E-state index is 0. The first kappa shape index (κ1) is 30.6. The van der Waals surface area contributed by atoms with Crippen LogP contribution in [0.2, 0.25) is 0 Å². The van der Waals surface area contributed by atoms with E-state index in [9.17, 15) is 0 Å². The molecule has 1 aromatic carbocycles. The maximum Gasteiger partial charge on any atom is 0.234 e. The molecule has 0 bridgehead atoms. The fraction of sp³-hybridized carbons (Fsp3) is 0.643. The highest BCUT2D eigenvalue weighted by atomic mass is 35.5. The average Bonchev–Trinajstić information content (AvgIpc) is 2.88.